The first-order valence-electron chi connectivity index (χ1n) is 48.2. The first-order chi connectivity index (χ1) is 49.2. The highest BCUT2D eigenvalue weighted by molar-refractivity contribution is 4.89. The number of rotatable bonds is 69. The fourth-order valence-electron chi connectivity index (χ4n) is 14.4. The maximum absolute atomic E-state index is 2.51. The van der Waals surface area contributed by atoms with Crippen LogP contribution >= 0.6 is 0 Å². The highest BCUT2D eigenvalue weighted by Gasteiger charge is 2.13. The highest BCUT2D eigenvalue weighted by atomic mass is 14.2. The summed E-state index contributed by atoms with van der Waals surface area (Å²) in [5.74, 6) is 10.9. The van der Waals surface area contributed by atoms with Crippen molar-refractivity contribution in [3.05, 3.63) is 36.5 Å². The van der Waals surface area contributed by atoms with Crippen molar-refractivity contribution in [1.82, 2.24) is 0 Å². The molecule has 0 atom stereocenters. The maximum atomic E-state index is 2.51. The second kappa shape index (κ2) is 96.3. The lowest BCUT2D eigenvalue weighted by molar-refractivity contribution is 0.362. The van der Waals surface area contributed by atoms with Gasteiger partial charge in [-0.2, -0.15) is 0 Å². The molecule has 0 aromatic heterocycles. The molecule has 0 rings (SSSR count). The van der Waals surface area contributed by atoms with Crippen molar-refractivity contribution in [2.45, 2.75) is 551 Å². The van der Waals surface area contributed by atoms with E-state index in [4.69, 9.17) is 0 Å². The molecular weight excluding hydrogens is 1230 g/mol. The van der Waals surface area contributed by atoms with Crippen molar-refractivity contribution >= 4 is 0 Å². The molecule has 0 radical (unpaired) electrons. The topological polar surface area (TPSA) is 0 Å². The predicted molar refractivity (Wildman–Crippen MR) is 482 cm³/mol. The molecule has 0 heteroatoms. The van der Waals surface area contributed by atoms with Gasteiger partial charge in [-0.15, -0.1) is 0 Å². The van der Waals surface area contributed by atoms with Crippen molar-refractivity contribution < 1.29 is 0 Å². The van der Waals surface area contributed by atoms with Crippen LogP contribution in [0.4, 0.5) is 0 Å². The molecule has 0 fully saturated rings. The van der Waals surface area contributed by atoms with E-state index in [0.717, 1.165) is 71.0 Å². The fraction of sp³-hybridized carbons (Fsp3) is 0.941. The molecule has 0 N–H and O–H groups in total. The van der Waals surface area contributed by atoms with Crippen molar-refractivity contribution in [3.8, 4) is 0 Å². The second-order valence-corrected chi connectivity index (χ2v) is 36.0. The van der Waals surface area contributed by atoms with E-state index in [2.05, 4.69) is 203 Å². The molecule has 0 saturated heterocycles. The Balaban J connectivity index is -0.000000271. The Morgan fingerprint density at radius 3 is 0.569 bits per heavy atom. The molecule has 0 aliphatic heterocycles. The van der Waals surface area contributed by atoms with Crippen molar-refractivity contribution in [3.63, 3.8) is 0 Å². The summed E-state index contributed by atoms with van der Waals surface area (Å²) >= 11 is 0. The molecule has 0 amide bonds. The second-order valence-electron chi connectivity index (χ2n) is 36.0. The first-order valence-corrected chi connectivity index (χ1v) is 48.2. The zero-order valence-electron chi connectivity index (χ0n) is 76.8. The Hall–Kier alpha value is -0.780. The summed E-state index contributed by atoms with van der Waals surface area (Å²) < 4.78 is 0. The van der Waals surface area contributed by atoms with Gasteiger partial charge >= 0.3 is 0 Å². The minimum Gasteiger partial charge on any atom is -0.0883 e. The lowest BCUT2D eigenvalue weighted by Crippen LogP contribution is -2.02. The molecule has 0 aromatic carbocycles. The van der Waals surface area contributed by atoms with E-state index in [1.54, 1.807) is 0 Å². The third-order valence-electron chi connectivity index (χ3n) is 21.7. The molecule has 0 unspecified atom stereocenters. The predicted octanol–water partition coefficient (Wildman–Crippen LogP) is 38.9. The quantitative estimate of drug-likeness (QED) is 0.0421. The van der Waals surface area contributed by atoms with Crippen molar-refractivity contribution in [2.24, 2.45) is 71.0 Å². The van der Waals surface area contributed by atoms with Gasteiger partial charge in [0.05, 0.1) is 0 Å². The highest BCUT2D eigenvalue weighted by Crippen LogP contribution is 2.29. The maximum Gasteiger partial charge on any atom is -0.0234 e. The molecule has 0 heterocycles. The normalized spacial score (nSPS) is 11.9. The molecule has 0 spiro atoms. The van der Waals surface area contributed by atoms with E-state index in [0.29, 0.717) is 0 Å². The summed E-state index contributed by atoms with van der Waals surface area (Å²) in [4.78, 5) is 0. The molecule has 0 aromatic rings. The van der Waals surface area contributed by atoms with Crippen LogP contribution in [0.15, 0.2) is 36.5 Å². The molecule has 0 saturated carbocycles. The van der Waals surface area contributed by atoms with Crippen LogP contribution in [0.5, 0.6) is 0 Å². The van der Waals surface area contributed by atoms with Gasteiger partial charge in [-0.1, -0.05) is 543 Å². The van der Waals surface area contributed by atoms with E-state index in [1.165, 1.54) is 385 Å². The van der Waals surface area contributed by atoms with E-state index in [1.807, 2.05) is 0 Å². The van der Waals surface area contributed by atoms with E-state index < -0.39 is 0 Å². The number of unbranched alkanes of at least 4 members (excludes halogenated alkanes) is 22. The summed E-state index contributed by atoms with van der Waals surface area (Å²) in [6, 6.07) is 0. The van der Waals surface area contributed by atoms with Crippen LogP contribution in [0.3, 0.4) is 0 Å². The van der Waals surface area contributed by atoms with Gasteiger partial charge in [-0.05, 0) is 116 Å². The van der Waals surface area contributed by atoms with E-state index in [-0.39, 0.29) is 0 Å². The summed E-state index contributed by atoms with van der Waals surface area (Å²) in [6.07, 6.45) is 99.6. The lowest BCUT2D eigenvalue weighted by Gasteiger charge is -2.17. The van der Waals surface area contributed by atoms with Crippen LogP contribution in [-0.4, -0.2) is 0 Å². The van der Waals surface area contributed by atoms with Gasteiger partial charge in [-0.3, -0.25) is 0 Å². The van der Waals surface area contributed by atoms with Gasteiger partial charge in [0.25, 0.3) is 0 Å². The Kier molecular flexibility index (Phi) is 106. The average molecular weight is 1440 g/mol. The minimum atomic E-state index is 0.804. The Labute approximate surface area is 655 Å². The van der Waals surface area contributed by atoms with Gasteiger partial charge in [0.15, 0.2) is 0 Å². The molecule has 0 aliphatic rings. The van der Waals surface area contributed by atoms with Crippen molar-refractivity contribution in [2.75, 3.05) is 0 Å². The smallest absolute Gasteiger partial charge is 0.0234 e. The lowest BCUT2D eigenvalue weighted by atomic mass is 9.89. The summed E-state index contributed by atoms with van der Waals surface area (Å²) in [7, 11) is 0. The minimum absolute atomic E-state index is 0.804. The molecule has 0 bridgehead atoms. The van der Waals surface area contributed by atoms with Gasteiger partial charge in [0.1, 0.15) is 0 Å². The first kappa shape index (κ1) is 112. The third-order valence-corrected chi connectivity index (χ3v) is 21.7. The third kappa shape index (κ3) is 106. The summed E-state index contributed by atoms with van der Waals surface area (Å²) in [6.45, 7) is 55.5. The van der Waals surface area contributed by atoms with Crippen LogP contribution in [0, 0.1) is 71.0 Å². The zero-order chi connectivity index (χ0) is 77.6. The average Bonchev–Trinajstić information content (AvgIpc) is 1.69. The Morgan fingerprint density at radius 1 is 0.147 bits per heavy atom. The van der Waals surface area contributed by atoms with Crippen LogP contribution in [-0.2, 0) is 0 Å². The van der Waals surface area contributed by atoms with Crippen LogP contribution in [0.2, 0.25) is 0 Å². The van der Waals surface area contributed by atoms with E-state index >= 15 is 0 Å². The SMILES string of the molecule is CCCCC(C/C=C\CC(C)C)CCCC.CCCCC(CCCC)CCCCC(C)C.CCCCCC(/C=C\CC(C)C)CCCCC.CCCCCC(C/C=C\CC(C)C)CCCCC.CCCCCC(CCCCC)CCCC(C)C.CCCCCC(CCCCC)CCCCC(C)C. The Bertz CT molecular complexity index is 1430. The van der Waals surface area contributed by atoms with Crippen molar-refractivity contribution in [1.29, 1.82) is 0 Å². The number of hydrogen-bond acceptors (Lipinski definition) is 0. The zero-order valence-corrected chi connectivity index (χ0v) is 76.8. The van der Waals surface area contributed by atoms with Crippen LogP contribution in [0.1, 0.15) is 551 Å². The fourth-order valence-corrected chi connectivity index (χ4v) is 14.4. The standard InChI is InChI=1S/C18H38.C18H36.C17H36.C17H34.C16H34.C16H32/c2*1-5-7-9-14-18(15-10-8-6-2)16-12-11-13-17(3)4;2*1-5-7-9-13-17(14-10-8-6-2)15-11-12-16(3)4;2*1-5-7-12-16(13-8-6-2)14-10-9-11-15(3)4/h17-18H,5-16H2,1-4H3;11-12,17-18H,5-10,13-16H2,1-4H3;16-17H,5-15H2,1-4H3;11,15-17H,5-10,12-14H2,1-4H3;15-16H,5-14H2,1-4H3;9-10,15-16H,5-8,11-14H2,1-4H3/b;12-11-;;15-11-;;10-9-. The molecule has 0 aliphatic carbocycles. The van der Waals surface area contributed by atoms with Gasteiger partial charge in [0, 0.05) is 0 Å². The molecule has 102 heavy (non-hydrogen) atoms. The summed E-state index contributed by atoms with van der Waals surface area (Å²) in [5, 5.41) is 0. The van der Waals surface area contributed by atoms with Crippen LogP contribution < -0.4 is 0 Å². The van der Waals surface area contributed by atoms with Gasteiger partial charge in [-0.25, -0.2) is 0 Å². The van der Waals surface area contributed by atoms with E-state index in [9.17, 15) is 0 Å². The summed E-state index contributed by atoms with van der Waals surface area (Å²) in [5.41, 5.74) is 0. The van der Waals surface area contributed by atoms with Crippen LogP contribution in [0.25, 0.3) is 0 Å². The molecule has 0 nitrogen and oxygen atoms in total. The van der Waals surface area contributed by atoms with Gasteiger partial charge < -0.3 is 0 Å². The number of hydrogen-bond donors (Lipinski definition) is 0. The largest absolute Gasteiger partial charge is 0.0883 e. The Morgan fingerprint density at radius 2 is 0.324 bits per heavy atom. The molecule has 618 valence electrons. The number of allylic oxidation sites excluding steroid dienone is 6. The monoisotopic (exact) mass is 1440 g/mol. The molecular formula is C102H210. The van der Waals surface area contributed by atoms with Gasteiger partial charge in [0.2, 0.25) is 0 Å².